The van der Waals surface area contributed by atoms with Crippen LogP contribution in [-0.4, -0.2) is 50.2 Å². The number of ether oxygens (including phenoxy) is 2. The minimum atomic E-state index is -0.325. The quantitative estimate of drug-likeness (QED) is 0.477. The molecule has 10 nitrogen and oxygen atoms in total. The molecule has 200 valence electrons. The number of aromatic amines is 1. The highest BCUT2D eigenvalue weighted by Gasteiger charge is 2.33. The van der Waals surface area contributed by atoms with Crippen molar-refractivity contribution in [1.82, 2.24) is 25.5 Å². The van der Waals surface area contributed by atoms with Crippen molar-refractivity contribution in [2.24, 2.45) is 11.3 Å². The van der Waals surface area contributed by atoms with Crippen molar-refractivity contribution in [2.75, 3.05) is 12.1 Å². The molecule has 2 amide bonds. The topological polar surface area (TPSA) is 122 Å². The van der Waals surface area contributed by atoms with Gasteiger partial charge in [-0.25, -0.2) is 0 Å². The first-order valence-corrected chi connectivity index (χ1v) is 13.1. The third kappa shape index (κ3) is 5.95. The summed E-state index contributed by atoms with van der Waals surface area (Å²) in [5, 5.41) is 15.8. The fourth-order valence-corrected chi connectivity index (χ4v) is 5.35. The second-order valence-electron chi connectivity index (χ2n) is 11.1. The van der Waals surface area contributed by atoms with E-state index in [4.69, 9.17) is 9.47 Å². The molecule has 38 heavy (non-hydrogen) atoms. The molecule has 0 bridgehead atoms. The van der Waals surface area contributed by atoms with Crippen molar-refractivity contribution < 1.29 is 19.1 Å². The van der Waals surface area contributed by atoms with Crippen LogP contribution in [0.5, 0.6) is 11.5 Å². The van der Waals surface area contributed by atoms with Gasteiger partial charge in [0.15, 0.2) is 11.5 Å². The van der Waals surface area contributed by atoms with E-state index < -0.39 is 0 Å². The van der Waals surface area contributed by atoms with Crippen LogP contribution in [0.15, 0.2) is 42.5 Å². The molecule has 10 heteroatoms. The van der Waals surface area contributed by atoms with Gasteiger partial charge in [0.1, 0.15) is 0 Å². The summed E-state index contributed by atoms with van der Waals surface area (Å²) in [5.41, 5.74) is 2.62. The maximum atomic E-state index is 13.7. The first-order chi connectivity index (χ1) is 18.3. The van der Waals surface area contributed by atoms with Gasteiger partial charge in [0.05, 0.1) is 6.42 Å². The lowest BCUT2D eigenvalue weighted by molar-refractivity contribution is -0.134. The molecule has 0 atom stereocenters. The second-order valence-corrected chi connectivity index (χ2v) is 11.1. The lowest BCUT2D eigenvalue weighted by Crippen LogP contribution is -2.43. The molecule has 5 rings (SSSR count). The van der Waals surface area contributed by atoms with Crippen molar-refractivity contribution >= 4 is 17.8 Å². The molecular weight excluding hydrogens is 484 g/mol. The van der Waals surface area contributed by atoms with Crippen LogP contribution in [0.25, 0.3) is 0 Å². The number of carbonyl (C=O) groups excluding carboxylic acids is 2. The Morgan fingerprint density at radius 3 is 2.39 bits per heavy atom. The number of aromatic nitrogens is 4. The Morgan fingerprint density at radius 1 is 1.00 bits per heavy atom. The third-order valence-electron chi connectivity index (χ3n) is 7.61. The van der Waals surface area contributed by atoms with E-state index >= 15 is 0 Å². The molecule has 0 radical (unpaired) electrons. The Kier molecular flexibility index (Phi) is 7.31. The van der Waals surface area contributed by atoms with E-state index in [0.717, 1.165) is 36.8 Å². The number of amides is 2. The van der Waals surface area contributed by atoms with Gasteiger partial charge in [0, 0.05) is 18.2 Å². The lowest BCUT2D eigenvalue weighted by atomic mass is 9.71. The fraction of sp³-hybridized carbons (Fsp3) is 0.464. The summed E-state index contributed by atoms with van der Waals surface area (Å²) >= 11 is 0. The van der Waals surface area contributed by atoms with E-state index in [2.05, 4.69) is 46.7 Å². The van der Waals surface area contributed by atoms with Crippen molar-refractivity contribution in [3.05, 3.63) is 59.2 Å². The van der Waals surface area contributed by atoms with Crippen LogP contribution in [0, 0.1) is 11.3 Å². The zero-order valence-corrected chi connectivity index (χ0v) is 22.1. The molecule has 0 spiro atoms. The summed E-state index contributed by atoms with van der Waals surface area (Å²) in [6, 6.07) is 13.2. The predicted molar refractivity (Wildman–Crippen MR) is 141 cm³/mol. The van der Waals surface area contributed by atoms with Crippen molar-refractivity contribution in [1.29, 1.82) is 0 Å². The summed E-state index contributed by atoms with van der Waals surface area (Å²) in [7, 11) is 0. The number of benzene rings is 2. The molecule has 3 aromatic rings. The maximum absolute atomic E-state index is 13.7. The van der Waals surface area contributed by atoms with Gasteiger partial charge in [-0.2, -0.15) is 5.21 Å². The summed E-state index contributed by atoms with van der Waals surface area (Å²) in [6.07, 6.45) is 4.48. The van der Waals surface area contributed by atoms with Crippen molar-refractivity contribution in [3.8, 4) is 11.5 Å². The number of tetrazole rings is 1. The van der Waals surface area contributed by atoms with Gasteiger partial charge < -0.3 is 14.4 Å². The van der Waals surface area contributed by atoms with Crippen LogP contribution in [0.2, 0.25) is 0 Å². The minimum Gasteiger partial charge on any atom is -0.454 e. The highest BCUT2D eigenvalue weighted by molar-refractivity contribution is 6.03. The zero-order chi connectivity index (χ0) is 26.7. The predicted octanol–water partition coefficient (Wildman–Crippen LogP) is 4.36. The van der Waals surface area contributed by atoms with Crippen LogP contribution in [0.1, 0.15) is 67.9 Å². The summed E-state index contributed by atoms with van der Waals surface area (Å²) in [4.78, 5) is 28.2. The van der Waals surface area contributed by atoms with Gasteiger partial charge >= 0.3 is 0 Å². The molecule has 2 aliphatic rings. The minimum absolute atomic E-state index is 0.0852. The molecule has 1 fully saturated rings. The standard InChI is InChI=1S/C28H34N6O4/c1-28(2,3)21-9-11-22(12-10-21)34(25(35)15-19-6-13-23-24(14-19)38-17-37-23)16-18-4-7-20(8-5-18)26(36)29-27-30-32-33-31-27/h4-8,13-14,21-22H,9-12,15-17H2,1-3H3,(H2,29,30,31,32,33,36). The number of nitrogens with zero attached hydrogens (tertiary/aromatic N) is 4. The molecule has 1 aromatic heterocycles. The number of rotatable bonds is 7. The number of nitrogens with one attached hydrogen (secondary N) is 2. The smallest absolute Gasteiger partial charge is 0.270 e. The maximum Gasteiger partial charge on any atom is 0.270 e. The average Bonchev–Trinajstić information content (AvgIpc) is 3.59. The molecule has 0 unspecified atom stereocenters. The number of hydrogen-bond acceptors (Lipinski definition) is 7. The highest BCUT2D eigenvalue weighted by atomic mass is 16.7. The van der Waals surface area contributed by atoms with Gasteiger partial charge in [-0.3, -0.25) is 14.9 Å². The van der Waals surface area contributed by atoms with Gasteiger partial charge in [0.2, 0.25) is 12.7 Å². The molecule has 1 saturated carbocycles. The van der Waals surface area contributed by atoms with E-state index in [0.29, 0.717) is 35.9 Å². The first-order valence-electron chi connectivity index (χ1n) is 13.1. The van der Waals surface area contributed by atoms with Gasteiger partial charge in [-0.15, -0.1) is 5.10 Å². The zero-order valence-electron chi connectivity index (χ0n) is 22.1. The normalized spacial score (nSPS) is 18.7. The summed E-state index contributed by atoms with van der Waals surface area (Å²) < 4.78 is 10.9. The fourth-order valence-electron chi connectivity index (χ4n) is 5.35. The molecule has 2 heterocycles. The monoisotopic (exact) mass is 518 g/mol. The second kappa shape index (κ2) is 10.8. The number of fused-ring (bicyclic) bond motifs is 1. The molecular formula is C28H34N6O4. The largest absolute Gasteiger partial charge is 0.454 e. The molecule has 1 aliphatic heterocycles. The molecule has 2 aromatic carbocycles. The molecule has 1 aliphatic carbocycles. The lowest BCUT2D eigenvalue weighted by Gasteiger charge is -2.41. The van der Waals surface area contributed by atoms with Crippen LogP contribution >= 0.6 is 0 Å². The van der Waals surface area contributed by atoms with E-state index in [9.17, 15) is 9.59 Å². The van der Waals surface area contributed by atoms with Crippen LogP contribution in [-0.2, 0) is 17.8 Å². The Morgan fingerprint density at radius 2 is 1.71 bits per heavy atom. The average molecular weight is 519 g/mol. The number of carbonyl (C=O) groups is 2. The Labute approximate surface area is 222 Å². The van der Waals surface area contributed by atoms with Gasteiger partial charge in [-0.05, 0) is 77.6 Å². The van der Waals surface area contributed by atoms with Gasteiger partial charge in [-0.1, -0.05) is 44.1 Å². The highest BCUT2D eigenvalue weighted by Crippen LogP contribution is 2.39. The SMILES string of the molecule is CC(C)(C)C1CCC(N(Cc2ccc(C(=O)Nc3nn[nH]n3)cc2)C(=O)Cc2ccc3c(c2)OCO3)CC1. The van der Waals surface area contributed by atoms with Crippen LogP contribution in [0.3, 0.4) is 0 Å². The number of anilines is 1. The van der Waals surface area contributed by atoms with Crippen LogP contribution in [0.4, 0.5) is 5.95 Å². The van der Waals surface area contributed by atoms with E-state index in [1.807, 2.05) is 35.2 Å². The van der Waals surface area contributed by atoms with Gasteiger partial charge in [0.25, 0.3) is 11.9 Å². The van der Waals surface area contributed by atoms with E-state index in [1.54, 1.807) is 12.1 Å². The first kappa shape index (κ1) is 25.7. The Hall–Kier alpha value is -3.95. The Balaban J connectivity index is 1.30. The Bertz CT molecular complexity index is 1260. The number of H-pyrrole nitrogens is 1. The van der Waals surface area contributed by atoms with Crippen LogP contribution < -0.4 is 14.8 Å². The number of hydrogen-bond donors (Lipinski definition) is 2. The van der Waals surface area contributed by atoms with E-state index in [1.165, 1.54) is 0 Å². The third-order valence-corrected chi connectivity index (χ3v) is 7.61. The summed E-state index contributed by atoms with van der Waals surface area (Å²) in [5.74, 6) is 1.92. The molecule has 0 saturated heterocycles. The van der Waals surface area contributed by atoms with Crippen molar-refractivity contribution in [3.63, 3.8) is 0 Å². The summed E-state index contributed by atoms with van der Waals surface area (Å²) in [6.45, 7) is 7.60. The molecule has 2 N–H and O–H groups in total. The van der Waals surface area contributed by atoms with Crippen molar-refractivity contribution in [2.45, 2.75) is 65.5 Å². The van der Waals surface area contributed by atoms with E-state index in [-0.39, 0.29) is 36.0 Å².